The molecule has 1 aliphatic heterocycles. The number of aryl methyl sites for hydroxylation is 1. The van der Waals surface area contributed by atoms with Crippen molar-refractivity contribution in [3.8, 4) is 5.75 Å². The lowest BCUT2D eigenvalue weighted by Crippen LogP contribution is -2.70. The molecule has 13 nitrogen and oxygen atoms in total. The smallest absolute Gasteiger partial charge is 0.336 e. The lowest BCUT2D eigenvalue weighted by Gasteiger charge is -2.48. The van der Waals surface area contributed by atoms with Crippen molar-refractivity contribution < 1.29 is 54.5 Å². The quantitative estimate of drug-likeness (QED) is 0.242. The van der Waals surface area contributed by atoms with Gasteiger partial charge in [0.05, 0.1) is 18.8 Å². The van der Waals surface area contributed by atoms with Crippen LogP contribution in [-0.4, -0.2) is 80.6 Å². The van der Waals surface area contributed by atoms with Gasteiger partial charge >= 0.3 is 5.63 Å². The summed E-state index contributed by atoms with van der Waals surface area (Å²) in [6.07, 6.45) is -7.76. The second kappa shape index (κ2) is 10.5. The van der Waals surface area contributed by atoms with Crippen LogP contribution in [0, 0.1) is 6.92 Å². The van der Waals surface area contributed by atoms with E-state index in [0.717, 1.165) is 6.92 Å². The molecular formula is C21H26NO12-. The second-order valence-electron chi connectivity index (χ2n) is 7.87. The zero-order valence-electron chi connectivity index (χ0n) is 18.3. The van der Waals surface area contributed by atoms with Crippen LogP contribution in [0.25, 0.3) is 11.0 Å². The van der Waals surface area contributed by atoms with Gasteiger partial charge in [-0.05, 0) is 24.6 Å². The number of aliphatic hydroxyl groups is 4. The summed E-state index contributed by atoms with van der Waals surface area (Å²) in [4.78, 5) is 35.4. The molecule has 1 aliphatic rings. The van der Waals surface area contributed by atoms with Gasteiger partial charge in [0.1, 0.15) is 35.6 Å². The van der Waals surface area contributed by atoms with Gasteiger partial charge in [0, 0.05) is 30.9 Å². The molecular weight excluding hydrogens is 458 g/mol. The normalized spacial score (nSPS) is 26.2. The van der Waals surface area contributed by atoms with Crippen LogP contribution in [0.3, 0.4) is 0 Å². The van der Waals surface area contributed by atoms with Crippen molar-refractivity contribution in [1.82, 2.24) is 5.32 Å². The minimum absolute atomic E-state index is 0. The summed E-state index contributed by atoms with van der Waals surface area (Å²) in [7, 11) is 0. The summed E-state index contributed by atoms with van der Waals surface area (Å²) < 4.78 is 16.1. The molecule has 0 radical (unpaired) electrons. The first-order chi connectivity index (χ1) is 15.5. The Morgan fingerprint density at radius 2 is 2.00 bits per heavy atom. The van der Waals surface area contributed by atoms with Gasteiger partial charge in [-0.15, -0.1) is 0 Å². The fraction of sp³-hybridized carbons (Fsp3) is 0.476. The van der Waals surface area contributed by atoms with E-state index in [1.54, 1.807) is 6.92 Å². The van der Waals surface area contributed by atoms with Gasteiger partial charge in [-0.25, -0.2) is 4.79 Å². The number of carboxylic acids is 1. The predicted octanol–water partition coefficient (Wildman–Crippen LogP) is -3.53. The Kier molecular flexibility index (Phi) is 8.36. The molecule has 1 fully saturated rings. The molecule has 1 amide bonds. The second-order valence-corrected chi connectivity index (χ2v) is 7.87. The molecule has 0 bridgehead atoms. The third-order valence-electron chi connectivity index (χ3n) is 5.38. The molecule has 0 aliphatic carbocycles. The SMILES string of the molecule is CC(=O)NC1C(O)CC(Oc2ccc3c(C)cc(=O)oc3c2)(C(=O)[O-])OC1C(O)C(O)CO.O. The summed E-state index contributed by atoms with van der Waals surface area (Å²) in [5.41, 5.74) is 0.0901. The number of nitrogens with one attached hydrogen (secondary N) is 1. The number of carbonyl (C=O) groups is 2. The number of fused-ring (bicyclic) bond motifs is 1. The Balaban J connectivity index is 0.00000408. The largest absolute Gasteiger partial charge is 0.543 e. The number of carboxylic acid groups (broad SMARTS) is 1. The maximum absolute atomic E-state index is 12.1. The van der Waals surface area contributed by atoms with Crippen LogP contribution in [0.2, 0.25) is 0 Å². The molecule has 1 aromatic heterocycles. The predicted molar refractivity (Wildman–Crippen MR) is 111 cm³/mol. The van der Waals surface area contributed by atoms with Crippen molar-refractivity contribution in [2.24, 2.45) is 0 Å². The number of benzene rings is 1. The molecule has 0 spiro atoms. The molecule has 6 atom stereocenters. The van der Waals surface area contributed by atoms with Crippen molar-refractivity contribution in [3.63, 3.8) is 0 Å². The highest BCUT2D eigenvalue weighted by atomic mass is 16.7. The topological polar surface area (TPSA) is 230 Å². The van der Waals surface area contributed by atoms with E-state index in [4.69, 9.17) is 13.9 Å². The van der Waals surface area contributed by atoms with Gasteiger partial charge in [-0.2, -0.15) is 0 Å². The van der Waals surface area contributed by atoms with Gasteiger partial charge in [0.2, 0.25) is 5.91 Å². The van der Waals surface area contributed by atoms with Crippen LogP contribution >= 0.6 is 0 Å². The fourth-order valence-corrected chi connectivity index (χ4v) is 3.78. The van der Waals surface area contributed by atoms with E-state index >= 15 is 0 Å². The van der Waals surface area contributed by atoms with Crippen LogP contribution in [-0.2, 0) is 14.3 Å². The minimum Gasteiger partial charge on any atom is -0.543 e. The lowest BCUT2D eigenvalue weighted by atomic mass is 9.88. The van der Waals surface area contributed by atoms with Crippen LogP contribution in [0.1, 0.15) is 18.9 Å². The first kappa shape index (κ1) is 27.2. The van der Waals surface area contributed by atoms with Crippen molar-refractivity contribution in [1.29, 1.82) is 0 Å². The summed E-state index contributed by atoms with van der Waals surface area (Å²) in [5.74, 6) is -5.32. The van der Waals surface area contributed by atoms with E-state index in [2.05, 4.69) is 5.32 Å². The zero-order valence-corrected chi connectivity index (χ0v) is 18.3. The third-order valence-corrected chi connectivity index (χ3v) is 5.38. The first-order valence-corrected chi connectivity index (χ1v) is 10.0. The van der Waals surface area contributed by atoms with E-state index in [1.807, 2.05) is 0 Å². The number of ether oxygens (including phenoxy) is 2. The van der Waals surface area contributed by atoms with Crippen LogP contribution in [0.15, 0.2) is 33.5 Å². The van der Waals surface area contributed by atoms with E-state index in [9.17, 15) is 39.9 Å². The number of carbonyl (C=O) groups excluding carboxylic acids is 2. The molecule has 13 heteroatoms. The van der Waals surface area contributed by atoms with Gasteiger partial charge in [-0.1, -0.05) is 0 Å². The maximum Gasteiger partial charge on any atom is 0.336 e. The van der Waals surface area contributed by atoms with E-state index < -0.39 is 66.8 Å². The van der Waals surface area contributed by atoms with Crippen molar-refractivity contribution in [2.45, 2.75) is 56.5 Å². The van der Waals surface area contributed by atoms with Crippen LogP contribution < -0.4 is 20.8 Å². The zero-order chi connectivity index (χ0) is 24.5. The molecule has 34 heavy (non-hydrogen) atoms. The number of rotatable bonds is 7. The number of aliphatic hydroxyl groups excluding tert-OH is 4. The van der Waals surface area contributed by atoms with E-state index in [0.29, 0.717) is 10.9 Å². The third kappa shape index (κ3) is 5.35. The fourth-order valence-electron chi connectivity index (χ4n) is 3.78. The molecule has 6 unspecified atom stereocenters. The number of hydrogen-bond acceptors (Lipinski definition) is 11. The minimum atomic E-state index is -2.66. The maximum atomic E-state index is 12.1. The van der Waals surface area contributed by atoms with Crippen molar-refractivity contribution in [2.75, 3.05) is 6.61 Å². The molecule has 2 aromatic rings. The monoisotopic (exact) mass is 484 g/mol. The first-order valence-electron chi connectivity index (χ1n) is 10.0. The highest BCUT2D eigenvalue weighted by Gasteiger charge is 2.53. The molecule has 1 aromatic carbocycles. The Morgan fingerprint density at radius 3 is 2.59 bits per heavy atom. The molecule has 188 valence electrons. The van der Waals surface area contributed by atoms with Crippen LogP contribution in [0.5, 0.6) is 5.75 Å². The van der Waals surface area contributed by atoms with Crippen molar-refractivity contribution in [3.05, 3.63) is 40.2 Å². The molecule has 1 saturated heterocycles. The summed E-state index contributed by atoms with van der Waals surface area (Å²) in [6, 6.07) is 4.09. The lowest BCUT2D eigenvalue weighted by molar-refractivity contribution is -0.367. The van der Waals surface area contributed by atoms with Crippen LogP contribution in [0.4, 0.5) is 0 Å². The highest BCUT2D eigenvalue weighted by molar-refractivity contribution is 5.81. The average molecular weight is 484 g/mol. The molecule has 3 rings (SSSR count). The number of aliphatic carboxylic acids is 1. The van der Waals surface area contributed by atoms with E-state index in [-0.39, 0.29) is 16.8 Å². The Labute approximate surface area is 192 Å². The van der Waals surface area contributed by atoms with Gasteiger partial charge in [-0.3, -0.25) is 4.79 Å². The van der Waals surface area contributed by atoms with E-state index in [1.165, 1.54) is 24.3 Å². The molecule has 2 heterocycles. The summed E-state index contributed by atoms with van der Waals surface area (Å²) >= 11 is 0. The average Bonchev–Trinajstić information content (AvgIpc) is 2.73. The Hall–Kier alpha value is -3.07. The van der Waals surface area contributed by atoms with Crippen molar-refractivity contribution >= 4 is 22.8 Å². The number of amides is 1. The summed E-state index contributed by atoms with van der Waals surface area (Å²) in [5, 5.41) is 55.1. The van der Waals surface area contributed by atoms with Gasteiger partial charge in [0.15, 0.2) is 0 Å². The molecule has 0 saturated carbocycles. The highest BCUT2D eigenvalue weighted by Crippen LogP contribution is 2.35. The summed E-state index contributed by atoms with van der Waals surface area (Å²) in [6.45, 7) is 1.90. The Morgan fingerprint density at radius 1 is 1.32 bits per heavy atom. The Bertz CT molecular complexity index is 1100. The molecule has 7 N–H and O–H groups in total. The number of hydrogen-bond donors (Lipinski definition) is 5. The van der Waals surface area contributed by atoms with Gasteiger partial charge in [0.25, 0.3) is 5.79 Å². The van der Waals surface area contributed by atoms with Gasteiger partial charge < -0.3 is 55.0 Å². The standard InChI is InChI=1S/C21H25NO11.H2O/c1-9-5-16(27)31-15-6-11(3-4-12(9)15)32-21(20(29)30)7-13(25)17(22-10(2)24)19(33-21)18(28)14(26)8-23;/h3-6,13-14,17-19,23,25-26,28H,7-8H2,1-2H3,(H,22,24)(H,29,30);1H2/p-1.